The van der Waals surface area contributed by atoms with Crippen LogP contribution in [0.2, 0.25) is 0 Å². The minimum Gasteiger partial charge on any atom is -0.399 e. The summed E-state index contributed by atoms with van der Waals surface area (Å²) in [7, 11) is 4.25. The van der Waals surface area contributed by atoms with E-state index >= 15 is 0 Å². The quantitative estimate of drug-likeness (QED) is 0.811. The SMILES string of the molecule is CC1CCCC(CNC(=O)Cc2cccc(N)c2)(N(C)C)C1.Cl. The van der Waals surface area contributed by atoms with E-state index in [9.17, 15) is 4.79 Å². The molecule has 23 heavy (non-hydrogen) atoms. The fourth-order valence-corrected chi connectivity index (χ4v) is 3.57. The lowest BCUT2D eigenvalue weighted by atomic mass is 9.75. The van der Waals surface area contributed by atoms with Gasteiger partial charge in [0, 0.05) is 17.8 Å². The summed E-state index contributed by atoms with van der Waals surface area (Å²) >= 11 is 0. The van der Waals surface area contributed by atoms with Crippen molar-refractivity contribution in [1.29, 1.82) is 0 Å². The first-order valence-electron chi connectivity index (χ1n) is 8.20. The molecule has 2 unspecified atom stereocenters. The Hall–Kier alpha value is -1.26. The van der Waals surface area contributed by atoms with Crippen molar-refractivity contribution in [3.63, 3.8) is 0 Å². The summed E-state index contributed by atoms with van der Waals surface area (Å²) in [4.78, 5) is 14.5. The summed E-state index contributed by atoms with van der Waals surface area (Å²) < 4.78 is 0. The van der Waals surface area contributed by atoms with Gasteiger partial charge in [-0.15, -0.1) is 12.4 Å². The number of nitrogens with two attached hydrogens (primary N) is 1. The minimum atomic E-state index is 0. The predicted octanol–water partition coefficient (Wildman–Crippen LogP) is 2.86. The summed E-state index contributed by atoms with van der Waals surface area (Å²) in [6, 6.07) is 7.54. The maximum absolute atomic E-state index is 12.2. The lowest BCUT2D eigenvalue weighted by Crippen LogP contribution is -2.55. The molecular weight excluding hydrogens is 310 g/mol. The first-order valence-corrected chi connectivity index (χ1v) is 8.20. The van der Waals surface area contributed by atoms with Crippen molar-refractivity contribution in [3.05, 3.63) is 29.8 Å². The fourth-order valence-electron chi connectivity index (χ4n) is 3.57. The van der Waals surface area contributed by atoms with E-state index in [0.717, 1.165) is 30.9 Å². The zero-order chi connectivity index (χ0) is 16.2. The Balaban J connectivity index is 0.00000264. The summed E-state index contributed by atoms with van der Waals surface area (Å²) in [5, 5.41) is 3.14. The molecule has 1 aliphatic carbocycles. The van der Waals surface area contributed by atoms with Crippen molar-refractivity contribution in [2.45, 2.75) is 44.6 Å². The van der Waals surface area contributed by atoms with Crippen molar-refractivity contribution in [3.8, 4) is 0 Å². The number of hydrogen-bond acceptors (Lipinski definition) is 3. The number of amides is 1. The Bertz CT molecular complexity index is 521. The summed E-state index contributed by atoms with van der Waals surface area (Å²) in [6.45, 7) is 3.04. The molecular formula is C18H30ClN3O. The Morgan fingerprint density at radius 2 is 2.17 bits per heavy atom. The number of nitrogens with zero attached hydrogens (tertiary/aromatic N) is 1. The van der Waals surface area contributed by atoms with Gasteiger partial charge in [-0.2, -0.15) is 0 Å². The number of hydrogen-bond donors (Lipinski definition) is 2. The van der Waals surface area contributed by atoms with Gasteiger partial charge in [-0.3, -0.25) is 4.79 Å². The maximum Gasteiger partial charge on any atom is 0.224 e. The molecule has 0 saturated heterocycles. The highest BCUT2D eigenvalue weighted by atomic mass is 35.5. The summed E-state index contributed by atoms with van der Waals surface area (Å²) in [5.74, 6) is 0.798. The van der Waals surface area contributed by atoms with Crippen LogP contribution in [0.25, 0.3) is 0 Å². The second-order valence-electron chi connectivity index (χ2n) is 7.02. The zero-order valence-corrected chi connectivity index (χ0v) is 15.3. The van der Waals surface area contributed by atoms with Crippen LogP contribution in [-0.4, -0.2) is 37.0 Å². The molecule has 130 valence electrons. The molecule has 1 saturated carbocycles. The van der Waals surface area contributed by atoms with Crippen LogP contribution < -0.4 is 11.1 Å². The van der Waals surface area contributed by atoms with E-state index in [4.69, 9.17) is 5.73 Å². The van der Waals surface area contributed by atoms with Crippen molar-refractivity contribution in [2.75, 3.05) is 26.4 Å². The predicted molar refractivity (Wildman–Crippen MR) is 98.9 cm³/mol. The first-order chi connectivity index (χ1) is 10.4. The molecule has 2 atom stereocenters. The molecule has 5 heteroatoms. The first kappa shape index (κ1) is 19.8. The molecule has 0 spiro atoms. The van der Waals surface area contributed by atoms with Gasteiger partial charge in [0.25, 0.3) is 0 Å². The summed E-state index contributed by atoms with van der Waals surface area (Å²) in [6.07, 6.45) is 5.24. The molecule has 0 aromatic heterocycles. The average Bonchev–Trinajstić information content (AvgIpc) is 2.45. The number of carbonyl (C=O) groups is 1. The van der Waals surface area contributed by atoms with Crippen molar-refractivity contribution in [1.82, 2.24) is 10.2 Å². The zero-order valence-electron chi connectivity index (χ0n) is 14.5. The lowest BCUT2D eigenvalue weighted by Gasteiger charge is -2.45. The molecule has 0 heterocycles. The number of nitrogen functional groups attached to an aromatic ring is 1. The third-order valence-corrected chi connectivity index (χ3v) is 4.95. The smallest absolute Gasteiger partial charge is 0.224 e. The summed E-state index contributed by atoms with van der Waals surface area (Å²) in [5.41, 5.74) is 7.53. The van der Waals surface area contributed by atoms with E-state index in [1.807, 2.05) is 24.3 Å². The highest BCUT2D eigenvalue weighted by molar-refractivity contribution is 5.85. The molecule has 1 aliphatic rings. The molecule has 1 amide bonds. The van der Waals surface area contributed by atoms with Crippen molar-refractivity contribution in [2.24, 2.45) is 5.92 Å². The highest BCUT2D eigenvalue weighted by Crippen LogP contribution is 2.35. The van der Waals surface area contributed by atoms with Gasteiger partial charge >= 0.3 is 0 Å². The molecule has 3 N–H and O–H groups in total. The third-order valence-electron chi connectivity index (χ3n) is 4.95. The number of anilines is 1. The van der Waals surface area contributed by atoms with E-state index in [0.29, 0.717) is 12.1 Å². The van der Waals surface area contributed by atoms with E-state index in [1.165, 1.54) is 12.8 Å². The molecule has 0 bridgehead atoms. The van der Waals surface area contributed by atoms with Crippen LogP contribution in [0.3, 0.4) is 0 Å². The van der Waals surface area contributed by atoms with Crippen LogP contribution >= 0.6 is 12.4 Å². The molecule has 2 rings (SSSR count). The maximum atomic E-state index is 12.2. The van der Waals surface area contributed by atoms with Gasteiger partial charge in [0.1, 0.15) is 0 Å². The Labute approximate surface area is 146 Å². The monoisotopic (exact) mass is 339 g/mol. The van der Waals surface area contributed by atoms with E-state index in [2.05, 4.69) is 31.2 Å². The second-order valence-corrected chi connectivity index (χ2v) is 7.02. The molecule has 1 fully saturated rings. The van der Waals surface area contributed by atoms with Crippen LogP contribution in [0.1, 0.15) is 38.2 Å². The lowest BCUT2D eigenvalue weighted by molar-refractivity contribution is -0.121. The van der Waals surface area contributed by atoms with Crippen molar-refractivity contribution < 1.29 is 4.79 Å². The molecule has 1 aromatic carbocycles. The molecule has 0 aliphatic heterocycles. The van der Waals surface area contributed by atoms with Crippen LogP contribution in [-0.2, 0) is 11.2 Å². The number of benzene rings is 1. The fraction of sp³-hybridized carbons (Fsp3) is 0.611. The minimum absolute atomic E-state index is 0. The number of carbonyl (C=O) groups excluding carboxylic acids is 1. The number of rotatable bonds is 5. The van der Waals surface area contributed by atoms with Gasteiger partial charge in [-0.25, -0.2) is 0 Å². The average molecular weight is 340 g/mol. The number of likely N-dealkylation sites (N-methyl/N-ethyl adjacent to an activating group) is 1. The number of halogens is 1. The number of nitrogens with one attached hydrogen (secondary N) is 1. The van der Waals surface area contributed by atoms with E-state index < -0.39 is 0 Å². The van der Waals surface area contributed by atoms with Crippen LogP contribution in [0.4, 0.5) is 5.69 Å². The van der Waals surface area contributed by atoms with Gasteiger partial charge in [0.15, 0.2) is 0 Å². The Morgan fingerprint density at radius 3 is 2.78 bits per heavy atom. The largest absolute Gasteiger partial charge is 0.399 e. The Kier molecular flexibility index (Phi) is 7.36. The second kappa shape index (κ2) is 8.55. The van der Waals surface area contributed by atoms with Crippen LogP contribution in [0.5, 0.6) is 0 Å². The van der Waals surface area contributed by atoms with E-state index in [1.54, 1.807) is 0 Å². The van der Waals surface area contributed by atoms with Gasteiger partial charge in [-0.1, -0.05) is 31.9 Å². The Morgan fingerprint density at radius 1 is 1.43 bits per heavy atom. The van der Waals surface area contributed by atoms with Crippen LogP contribution in [0, 0.1) is 5.92 Å². The topological polar surface area (TPSA) is 58.4 Å². The third kappa shape index (κ3) is 5.40. The molecule has 0 radical (unpaired) electrons. The van der Waals surface area contributed by atoms with Gasteiger partial charge in [0.05, 0.1) is 6.42 Å². The van der Waals surface area contributed by atoms with Gasteiger partial charge < -0.3 is 16.0 Å². The standard InChI is InChI=1S/C18H29N3O.ClH/c1-14-6-5-9-18(12-14,21(2)3)13-20-17(22)11-15-7-4-8-16(19)10-15;/h4,7-8,10,14H,5-6,9,11-13,19H2,1-3H3,(H,20,22);1H. The normalized spacial score (nSPS) is 24.1. The van der Waals surface area contributed by atoms with Crippen molar-refractivity contribution >= 4 is 24.0 Å². The van der Waals surface area contributed by atoms with Gasteiger partial charge in [-0.05, 0) is 50.6 Å². The molecule has 1 aromatic rings. The molecule has 4 nitrogen and oxygen atoms in total. The van der Waals surface area contributed by atoms with Crippen LogP contribution in [0.15, 0.2) is 24.3 Å². The highest BCUT2D eigenvalue weighted by Gasteiger charge is 2.37. The van der Waals surface area contributed by atoms with Gasteiger partial charge in [0.2, 0.25) is 5.91 Å². The van der Waals surface area contributed by atoms with E-state index in [-0.39, 0.29) is 23.9 Å².